The molecule has 1 aliphatic rings. The molecule has 1 aromatic heterocycles. The Morgan fingerprint density at radius 3 is 2.54 bits per heavy atom. The molecule has 0 unspecified atom stereocenters. The van der Waals surface area contributed by atoms with Crippen LogP contribution in [0.1, 0.15) is 40.9 Å². The topological polar surface area (TPSA) is 87.8 Å². The first kappa shape index (κ1) is 18.9. The van der Waals surface area contributed by atoms with Crippen molar-refractivity contribution in [3.05, 3.63) is 52.4 Å². The van der Waals surface area contributed by atoms with Gasteiger partial charge in [0, 0.05) is 19.5 Å². The van der Waals surface area contributed by atoms with E-state index in [2.05, 4.69) is 0 Å². The largest absolute Gasteiger partial charge is 0.478 e. The van der Waals surface area contributed by atoms with E-state index < -0.39 is 16.0 Å². The number of carboxylic acids is 1. The van der Waals surface area contributed by atoms with Crippen molar-refractivity contribution in [2.45, 2.75) is 37.0 Å². The number of sulfonamides is 1. The lowest BCUT2D eigenvalue weighted by molar-refractivity contribution is 0.0695. The van der Waals surface area contributed by atoms with Crippen LogP contribution in [0.3, 0.4) is 0 Å². The summed E-state index contributed by atoms with van der Waals surface area (Å²) in [5.74, 6) is -0.450. The summed E-state index contributed by atoms with van der Waals surface area (Å²) in [6, 6.07) is 6.20. The van der Waals surface area contributed by atoms with Crippen molar-refractivity contribution in [2.75, 3.05) is 13.1 Å². The third-order valence-corrected chi connectivity index (χ3v) is 6.91. The van der Waals surface area contributed by atoms with E-state index in [4.69, 9.17) is 16.0 Å². The van der Waals surface area contributed by atoms with Gasteiger partial charge in [-0.3, -0.25) is 0 Å². The summed E-state index contributed by atoms with van der Waals surface area (Å²) in [4.78, 5) is 11.5. The molecule has 0 aliphatic carbocycles. The van der Waals surface area contributed by atoms with Gasteiger partial charge in [-0.1, -0.05) is 18.0 Å². The average molecular weight is 398 g/mol. The quantitative estimate of drug-likeness (QED) is 0.804. The minimum Gasteiger partial charge on any atom is -0.478 e. The maximum absolute atomic E-state index is 12.9. The molecule has 6 nitrogen and oxygen atoms in total. The number of hydrogen-bond acceptors (Lipinski definition) is 4. The number of nitrogens with zero attached hydrogens (tertiary/aromatic N) is 1. The predicted molar refractivity (Wildman–Crippen MR) is 97.1 cm³/mol. The molecular weight excluding hydrogens is 378 g/mol. The predicted octanol–water partition coefficient (Wildman–Crippen LogP) is 3.59. The Bertz CT molecular complexity index is 887. The van der Waals surface area contributed by atoms with Gasteiger partial charge in [-0.15, -0.1) is 0 Å². The highest BCUT2D eigenvalue weighted by atomic mass is 35.5. The van der Waals surface area contributed by atoms with Gasteiger partial charge in [0.25, 0.3) is 0 Å². The molecular formula is C18H20ClNO5S. The maximum atomic E-state index is 12.9. The number of aromatic carboxylic acids is 1. The normalized spacial score (nSPS) is 15.9. The summed E-state index contributed by atoms with van der Waals surface area (Å²) in [5.41, 5.74) is 0.438. The van der Waals surface area contributed by atoms with Crippen LogP contribution in [-0.4, -0.2) is 36.9 Å². The molecule has 1 fully saturated rings. The smallest absolute Gasteiger partial charge is 0.336 e. The summed E-state index contributed by atoms with van der Waals surface area (Å²) in [5, 5.41) is 9.59. The van der Waals surface area contributed by atoms with Crippen molar-refractivity contribution in [3.8, 4) is 0 Å². The van der Waals surface area contributed by atoms with E-state index in [1.54, 1.807) is 18.4 Å². The van der Waals surface area contributed by atoms with E-state index in [9.17, 15) is 18.3 Å². The van der Waals surface area contributed by atoms with Crippen LogP contribution < -0.4 is 0 Å². The zero-order valence-electron chi connectivity index (χ0n) is 14.2. The monoisotopic (exact) mass is 397 g/mol. The SMILES string of the molecule is O=C(O)c1cc(S(=O)(=O)N2CCCCC2)c(Cl)cc1CCc1ccco1. The van der Waals surface area contributed by atoms with E-state index in [0.29, 0.717) is 31.5 Å². The van der Waals surface area contributed by atoms with Gasteiger partial charge in [0.05, 0.1) is 16.8 Å². The van der Waals surface area contributed by atoms with E-state index in [1.807, 2.05) is 0 Å². The van der Waals surface area contributed by atoms with Crippen LogP contribution in [0.4, 0.5) is 0 Å². The first-order valence-electron chi connectivity index (χ1n) is 8.48. The molecule has 0 saturated carbocycles. The van der Waals surface area contributed by atoms with Gasteiger partial charge < -0.3 is 9.52 Å². The molecule has 8 heteroatoms. The molecule has 140 valence electrons. The highest BCUT2D eigenvalue weighted by Gasteiger charge is 2.29. The second kappa shape index (κ2) is 7.82. The van der Waals surface area contributed by atoms with E-state index >= 15 is 0 Å². The van der Waals surface area contributed by atoms with Crippen LogP contribution in [-0.2, 0) is 22.9 Å². The molecule has 0 amide bonds. The number of aryl methyl sites for hydroxylation is 2. The number of hydrogen-bond donors (Lipinski definition) is 1. The summed E-state index contributed by atoms with van der Waals surface area (Å²) >= 11 is 6.25. The fourth-order valence-corrected chi connectivity index (χ4v) is 5.22. The lowest BCUT2D eigenvalue weighted by atomic mass is 10.0. The summed E-state index contributed by atoms with van der Waals surface area (Å²) < 4.78 is 32.4. The number of halogens is 1. The lowest BCUT2D eigenvalue weighted by Crippen LogP contribution is -2.35. The van der Waals surface area contributed by atoms with Gasteiger partial charge in [-0.2, -0.15) is 4.31 Å². The van der Waals surface area contributed by atoms with Crippen molar-refractivity contribution >= 4 is 27.6 Å². The molecule has 0 spiro atoms. The summed E-state index contributed by atoms with van der Waals surface area (Å²) in [6.07, 6.45) is 5.02. The van der Waals surface area contributed by atoms with E-state index in [0.717, 1.165) is 25.0 Å². The third kappa shape index (κ3) is 3.95. The van der Waals surface area contributed by atoms with Crippen LogP contribution in [0.5, 0.6) is 0 Å². The molecule has 2 aromatic rings. The van der Waals surface area contributed by atoms with Crippen molar-refractivity contribution in [2.24, 2.45) is 0 Å². The van der Waals surface area contributed by atoms with Gasteiger partial charge in [0.15, 0.2) is 0 Å². The van der Waals surface area contributed by atoms with E-state index in [-0.39, 0.29) is 15.5 Å². The van der Waals surface area contributed by atoms with Gasteiger partial charge in [0.2, 0.25) is 10.0 Å². The summed E-state index contributed by atoms with van der Waals surface area (Å²) in [6.45, 7) is 0.864. The second-order valence-corrected chi connectivity index (χ2v) is 8.60. The van der Waals surface area contributed by atoms with Crippen LogP contribution >= 0.6 is 11.6 Å². The van der Waals surface area contributed by atoms with Crippen molar-refractivity contribution in [1.29, 1.82) is 0 Å². The Labute approximate surface area is 157 Å². The molecule has 0 atom stereocenters. The number of piperidine rings is 1. The highest BCUT2D eigenvalue weighted by Crippen LogP contribution is 2.30. The first-order valence-corrected chi connectivity index (χ1v) is 10.3. The number of rotatable bonds is 6. The molecule has 0 radical (unpaired) electrons. The van der Waals surface area contributed by atoms with Crippen molar-refractivity contribution in [3.63, 3.8) is 0 Å². The number of furan rings is 1. The number of benzene rings is 1. The Kier molecular flexibility index (Phi) is 5.70. The molecule has 1 aromatic carbocycles. The number of carbonyl (C=O) groups is 1. The first-order chi connectivity index (χ1) is 12.4. The van der Waals surface area contributed by atoms with Crippen molar-refractivity contribution in [1.82, 2.24) is 4.31 Å². The minimum atomic E-state index is -3.80. The minimum absolute atomic E-state index is 0.0449. The Hall–Kier alpha value is -1.83. The maximum Gasteiger partial charge on any atom is 0.336 e. The molecule has 1 saturated heterocycles. The molecule has 0 bridgehead atoms. The van der Waals surface area contributed by atoms with Gasteiger partial charge in [-0.05, 0) is 49.1 Å². The Morgan fingerprint density at radius 2 is 1.92 bits per heavy atom. The zero-order chi connectivity index (χ0) is 18.7. The zero-order valence-corrected chi connectivity index (χ0v) is 15.7. The van der Waals surface area contributed by atoms with Crippen LogP contribution in [0.25, 0.3) is 0 Å². The molecule has 2 heterocycles. The molecule has 1 aliphatic heterocycles. The van der Waals surface area contributed by atoms with Crippen LogP contribution in [0.2, 0.25) is 5.02 Å². The highest BCUT2D eigenvalue weighted by molar-refractivity contribution is 7.89. The average Bonchev–Trinajstić information content (AvgIpc) is 3.13. The number of carboxylic acid groups (broad SMARTS) is 1. The fourth-order valence-electron chi connectivity index (χ4n) is 3.16. The van der Waals surface area contributed by atoms with Crippen LogP contribution in [0.15, 0.2) is 39.8 Å². The lowest BCUT2D eigenvalue weighted by Gasteiger charge is -2.26. The molecule has 1 N–H and O–H groups in total. The summed E-state index contributed by atoms with van der Waals surface area (Å²) in [7, 11) is -3.80. The van der Waals surface area contributed by atoms with E-state index in [1.165, 1.54) is 16.4 Å². The van der Waals surface area contributed by atoms with Crippen molar-refractivity contribution < 1.29 is 22.7 Å². The van der Waals surface area contributed by atoms with Crippen LogP contribution in [0, 0.1) is 0 Å². The fraction of sp³-hybridized carbons (Fsp3) is 0.389. The van der Waals surface area contributed by atoms with Gasteiger partial charge in [-0.25, -0.2) is 13.2 Å². The second-order valence-electron chi connectivity index (χ2n) is 6.29. The Morgan fingerprint density at radius 1 is 1.19 bits per heavy atom. The molecule has 3 rings (SSSR count). The van der Waals surface area contributed by atoms with Gasteiger partial charge >= 0.3 is 5.97 Å². The standard InChI is InChI=1S/C18H20ClNO5S/c19-16-11-13(6-7-14-5-4-10-25-14)15(18(21)22)12-17(16)26(23,24)20-8-2-1-3-9-20/h4-5,10-12H,1-3,6-9H2,(H,21,22). The molecule has 26 heavy (non-hydrogen) atoms. The Balaban J connectivity index is 1.94. The third-order valence-electron chi connectivity index (χ3n) is 4.54. The van der Waals surface area contributed by atoms with Gasteiger partial charge in [0.1, 0.15) is 10.7 Å².